The third kappa shape index (κ3) is 2.95. The highest BCUT2D eigenvalue weighted by atomic mass is 79.9. The van der Waals surface area contributed by atoms with Gasteiger partial charge in [0, 0.05) is 22.5 Å². The van der Waals surface area contributed by atoms with Crippen molar-refractivity contribution in [3.05, 3.63) is 42.1 Å². The molecule has 0 radical (unpaired) electrons. The van der Waals surface area contributed by atoms with Gasteiger partial charge in [0.1, 0.15) is 0 Å². The minimum absolute atomic E-state index is 0.00921. The lowest BCUT2D eigenvalue weighted by atomic mass is 9.83. The molecule has 0 bridgehead atoms. The van der Waals surface area contributed by atoms with Crippen LogP contribution in [0.1, 0.15) is 42.5 Å². The van der Waals surface area contributed by atoms with Crippen LogP contribution in [-0.4, -0.2) is 21.8 Å². The molecular formula is C17H19BrN2O. The van der Waals surface area contributed by atoms with E-state index in [2.05, 4.69) is 26.2 Å². The first kappa shape index (κ1) is 14.5. The van der Waals surface area contributed by atoms with Gasteiger partial charge in [-0.3, -0.25) is 9.78 Å². The van der Waals surface area contributed by atoms with E-state index in [1.807, 2.05) is 30.3 Å². The van der Waals surface area contributed by atoms with E-state index in [-0.39, 0.29) is 11.4 Å². The standard InChI is InChI=1S/C17H19BrN2O/c18-12-17(9-2-1-3-10-17)20-16(21)14-6-4-8-15-13(14)7-5-11-19-15/h4-8,11H,1-3,9-10,12H2,(H,20,21). The van der Waals surface area contributed by atoms with Crippen LogP contribution in [0.2, 0.25) is 0 Å². The number of halogens is 1. The Morgan fingerprint density at radius 1 is 1.19 bits per heavy atom. The normalized spacial score (nSPS) is 17.6. The van der Waals surface area contributed by atoms with Gasteiger partial charge in [0.15, 0.2) is 0 Å². The summed E-state index contributed by atoms with van der Waals surface area (Å²) in [5.74, 6) is 0.00921. The molecule has 1 aromatic heterocycles. The van der Waals surface area contributed by atoms with Gasteiger partial charge in [0.25, 0.3) is 5.91 Å². The van der Waals surface area contributed by atoms with Crippen LogP contribution in [0.4, 0.5) is 0 Å². The highest BCUT2D eigenvalue weighted by molar-refractivity contribution is 9.09. The van der Waals surface area contributed by atoms with Crippen molar-refractivity contribution in [1.29, 1.82) is 0 Å². The number of carbonyl (C=O) groups excluding carboxylic acids is 1. The summed E-state index contributed by atoms with van der Waals surface area (Å²) in [5, 5.41) is 5.01. The lowest BCUT2D eigenvalue weighted by Crippen LogP contribution is -2.51. The van der Waals surface area contributed by atoms with Gasteiger partial charge < -0.3 is 5.32 Å². The number of nitrogens with zero attached hydrogens (tertiary/aromatic N) is 1. The first-order valence-electron chi connectivity index (χ1n) is 7.46. The van der Waals surface area contributed by atoms with Crippen molar-refractivity contribution in [3.63, 3.8) is 0 Å². The fourth-order valence-corrected chi connectivity index (χ4v) is 3.83. The predicted octanol–water partition coefficient (Wildman–Crippen LogP) is 4.06. The molecule has 1 N–H and O–H groups in total. The van der Waals surface area contributed by atoms with Crippen molar-refractivity contribution in [3.8, 4) is 0 Å². The molecule has 3 nitrogen and oxygen atoms in total. The van der Waals surface area contributed by atoms with Gasteiger partial charge in [-0.05, 0) is 31.0 Å². The van der Waals surface area contributed by atoms with Crippen LogP contribution < -0.4 is 5.32 Å². The zero-order valence-corrected chi connectivity index (χ0v) is 13.5. The summed E-state index contributed by atoms with van der Waals surface area (Å²) in [6.45, 7) is 0. The van der Waals surface area contributed by atoms with Gasteiger partial charge in [0.2, 0.25) is 0 Å². The van der Waals surface area contributed by atoms with Crippen LogP contribution in [0.15, 0.2) is 36.5 Å². The van der Waals surface area contributed by atoms with Crippen molar-refractivity contribution < 1.29 is 4.79 Å². The summed E-state index contributed by atoms with van der Waals surface area (Å²) in [4.78, 5) is 17.1. The topological polar surface area (TPSA) is 42.0 Å². The third-order valence-electron chi connectivity index (χ3n) is 4.34. The molecule has 0 saturated heterocycles. The van der Waals surface area contributed by atoms with Gasteiger partial charge >= 0.3 is 0 Å². The summed E-state index contributed by atoms with van der Waals surface area (Å²) in [6.07, 6.45) is 7.49. The number of fused-ring (bicyclic) bond motifs is 1. The molecule has 1 aliphatic carbocycles. The van der Waals surface area contributed by atoms with E-state index < -0.39 is 0 Å². The molecule has 3 rings (SSSR count). The molecular weight excluding hydrogens is 328 g/mol. The molecule has 1 saturated carbocycles. The average molecular weight is 347 g/mol. The van der Waals surface area contributed by atoms with Crippen molar-refractivity contribution >= 4 is 32.7 Å². The largest absolute Gasteiger partial charge is 0.346 e. The number of carbonyl (C=O) groups is 1. The maximum atomic E-state index is 12.7. The number of benzene rings is 1. The Morgan fingerprint density at radius 2 is 2.00 bits per heavy atom. The second-order valence-corrected chi connectivity index (χ2v) is 6.37. The van der Waals surface area contributed by atoms with Crippen LogP contribution in [-0.2, 0) is 0 Å². The van der Waals surface area contributed by atoms with Crippen molar-refractivity contribution in [2.75, 3.05) is 5.33 Å². The summed E-state index contributed by atoms with van der Waals surface area (Å²) >= 11 is 3.59. The summed E-state index contributed by atoms with van der Waals surface area (Å²) in [7, 11) is 0. The van der Waals surface area contributed by atoms with Crippen LogP contribution in [0.25, 0.3) is 10.9 Å². The van der Waals surface area contributed by atoms with Crippen molar-refractivity contribution in [2.24, 2.45) is 0 Å². The summed E-state index contributed by atoms with van der Waals surface area (Å²) in [6, 6.07) is 9.54. The molecule has 1 aliphatic rings. The lowest BCUT2D eigenvalue weighted by Gasteiger charge is -2.36. The van der Waals surface area contributed by atoms with Gasteiger partial charge in [-0.1, -0.05) is 47.3 Å². The van der Waals surface area contributed by atoms with Crippen LogP contribution >= 0.6 is 15.9 Å². The van der Waals surface area contributed by atoms with E-state index in [9.17, 15) is 4.79 Å². The van der Waals surface area contributed by atoms with Crippen LogP contribution in [0, 0.1) is 0 Å². The van der Waals surface area contributed by atoms with E-state index >= 15 is 0 Å². The van der Waals surface area contributed by atoms with E-state index in [1.54, 1.807) is 6.20 Å². The molecule has 0 aliphatic heterocycles. The van der Waals surface area contributed by atoms with Crippen molar-refractivity contribution in [2.45, 2.75) is 37.6 Å². The number of aromatic nitrogens is 1. The highest BCUT2D eigenvalue weighted by Gasteiger charge is 2.32. The average Bonchev–Trinajstić information content (AvgIpc) is 2.55. The Morgan fingerprint density at radius 3 is 2.76 bits per heavy atom. The number of nitrogens with one attached hydrogen (secondary N) is 1. The Labute approximate surface area is 133 Å². The van der Waals surface area contributed by atoms with E-state index in [1.165, 1.54) is 19.3 Å². The van der Waals surface area contributed by atoms with Gasteiger partial charge in [-0.25, -0.2) is 0 Å². The fraction of sp³-hybridized carbons (Fsp3) is 0.412. The molecule has 0 unspecified atom stereocenters. The number of amides is 1. The molecule has 1 fully saturated rings. The third-order valence-corrected chi connectivity index (χ3v) is 5.41. The van der Waals surface area contributed by atoms with Crippen LogP contribution in [0.3, 0.4) is 0 Å². The first-order chi connectivity index (χ1) is 10.2. The molecule has 21 heavy (non-hydrogen) atoms. The SMILES string of the molecule is O=C(NC1(CBr)CCCCC1)c1cccc2ncccc12. The first-order valence-corrected chi connectivity index (χ1v) is 8.58. The maximum Gasteiger partial charge on any atom is 0.252 e. The zero-order chi connectivity index (χ0) is 14.7. The Balaban J connectivity index is 1.90. The molecule has 2 aromatic rings. The molecule has 1 aromatic carbocycles. The van der Waals surface area contributed by atoms with Crippen LogP contribution in [0.5, 0.6) is 0 Å². The van der Waals surface area contributed by atoms with Gasteiger partial charge in [0.05, 0.1) is 11.1 Å². The lowest BCUT2D eigenvalue weighted by molar-refractivity contribution is 0.0888. The quantitative estimate of drug-likeness (QED) is 0.851. The molecule has 0 atom stereocenters. The fourth-order valence-electron chi connectivity index (χ4n) is 3.13. The second-order valence-electron chi connectivity index (χ2n) is 5.80. The smallest absolute Gasteiger partial charge is 0.252 e. The molecule has 1 heterocycles. The Bertz CT molecular complexity index is 645. The summed E-state index contributed by atoms with van der Waals surface area (Å²) in [5.41, 5.74) is 1.48. The predicted molar refractivity (Wildman–Crippen MR) is 88.8 cm³/mol. The number of pyridine rings is 1. The highest BCUT2D eigenvalue weighted by Crippen LogP contribution is 2.30. The van der Waals surface area contributed by atoms with Gasteiger partial charge in [-0.2, -0.15) is 0 Å². The van der Waals surface area contributed by atoms with E-state index in [0.717, 1.165) is 29.1 Å². The van der Waals surface area contributed by atoms with Gasteiger partial charge in [-0.15, -0.1) is 0 Å². The second kappa shape index (κ2) is 6.14. The minimum atomic E-state index is -0.0975. The summed E-state index contributed by atoms with van der Waals surface area (Å²) < 4.78 is 0. The zero-order valence-electron chi connectivity index (χ0n) is 11.9. The number of rotatable bonds is 3. The number of hydrogen-bond acceptors (Lipinski definition) is 2. The molecule has 110 valence electrons. The number of hydrogen-bond donors (Lipinski definition) is 1. The van der Waals surface area contributed by atoms with Crippen molar-refractivity contribution in [1.82, 2.24) is 10.3 Å². The minimum Gasteiger partial charge on any atom is -0.346 e. The Hall–Kier alpha value is -1.42. The molecule has 1 amide bonds. The molecule has 0 spiro atoms. The number of alkyl halides is 1. The van der Waals surface area contributed by atoms with E-state index in [0.29, 0.717) is 5.56 Å². The monoisotopic (exact) mass is 346 g/mol. The maximum absolute atomic E-state index is 12.7. The Kier molecular flexibility index (Phi) is 4.24. The molecule has 4 heteroatoms. The van der Waals surface area contributed by atoms with E-state index in [4.69, 9.17) is 0 Å².